The van der Waals surface area contributed by atoms with Crippen LogP contribution < -0.4 is 0 Å². The van der Waals surface area contributed by atoms with Crippen molar-refractivity contribution in [3.05, 3.63) is 0 Å². The first-order chi connectivity index (χ1) is 13.8. The van der Waals surface area contributed by atoms with Crippen LogP contribution in [-0.2, 0) is 0 Å². The van der Waals surface area contributed by atoms with Crippen molar-refractivity contribution in [2.24, 2.45) is 0 Å². The molecule has 194 valence electrons. The summed E-state index contributed by atoms with van der Waals surface area (Å²) < 4.78 is 60.4. The van der Waals surface area contributed by atoms with Crippen molar-refractivity contribution in [2.45, 2.75) is 130 Å². The number of unbranched alkanes of at least 4 members (excludes halogenated alkanes) is 13. The van der Waals surface area contributed by atoms with Crippen LogP contribution in [0.2, 0.25) is 0 Å². The molecule has 0 aliphatic rings. The van der Waals surface area contributed by atoms with Gasteiger partial charge < -0.3 is 4.48 Å². The molecular weight excluding hydrogens is 435 g/mol. The van der Waals surface area contributed by atoms with Crippen LogP contribution in [0.4, 0.5) is 25.2 Å². The molecule has 0 aliphatic carbocycles. The van der Waals surface area contributed by atoms with E-state index in [0.29, 0.717) is 5.54 Å². The molecule has 0 aromatic carbocycles. The zero-order valence-electron chi connectivity index (χ0n) is 21.0. The van der Waals surface area contributed by atoms with Gasteiger partial charge in [-0.1, -0.05) is 90.9 Å². The van der Waals surface area contributed by atoms with Gasteiger partial charge in [0.1, 0.15) is 0 Å². The topological polar surface area (TPSA) is 0 Å². The predicted octanol–water partition coefficient (Wildman–Crippen LogP) is 11.1. The van der Waals surface area contributed by atoms with Crippen LogP contribution in [0.25, 0.3) is 0 Å². The monoisotopic (exact) mass is 485 g/mol. The van der Waals surface area contributed by atoms with Crippen molar-refractivity contribution in [3.63, 3.8) is 0 Å². The van der Waals surface area contributed by atoms with E-state index in [4.69, 9.17) is 0 Å². The molecule has 0 amide bonds. The summed E-state index contributed by atoms with van der Waals surface area (Å²) in [6.45, 7) is 10.8. The van der Waals surface area contributed by atoms with Crippen molar-refractivity contribution in [2.75, 3.05) is 20.6 Å². The summed E-state index contributed by atoms with van der Waals surface area (Å²) >= 11 is 0. The Morgan fingerprint density at radius 1 is 0.548 bits per heavy atom. The molecule has 0 unspecified atom stereocenters. The molecule has 1 nitrogen and oxygen atoms in total. The first-order valence-electron chi connectivity index (χ1n) is 12.2. The molecule has 0 fully saturated rings. The van der Waals surface area contributed by atoms with Crippen molar-refractivity contribution in [3.8, 4) is 0 Å². The van der Waals surface area contributed by atoms with Crippen LogP contribution in [0.1, 0.15) is 124 Å². The number of hydrogen-bond acceptors (Lipinski definition) is 0. The van der Waals surface area contributed by atoms with Gasteiger partial charge in [0, 0.05) is 0 Å². The third kappa shape index (κ3) is 27.9. The number of halogens is 6. The Balaban J connectivity index is 0. The van der Waals surface area contributed by atoms with E-state index in [1.165, 1.54) is 107 Å². The fourth-order valence-electron chi connectivity index (χ4n) is 3.43. The fourth-order valence-corrected chi connectivity index (χ4v) is 3.43. The molecule has 31 heavy (non-hydrogen) atoms. The molecule has 0 atom stereocenters. The standard InChI is InChI=1S/C23H50N.F6P/c1-7-9-10-11-12-13-14-15-16-17-18-19-20-21-22-24(5,6)23(3,4)8-2;1-7(2,3,4,5)6/h7-22H2,1-6H3;/q+1;-1. The van der Waals surface area contributed by atoms with Gasteiger partial charge in [-0.15, -0.1) is 0 Å². The Hall–Kier alpha value is -0.0300. The van der Waals surface area contributed by atoms with Crippen LogP contribution in [-0.4, -0.2) is 30.7 Å². The number of nitrogens with zero attached hydrogens (tertiary/aromatic N) is 1. The van der Waals surface area contributed by atoms with Gasteiger partial charge in [-0.3, -0.25) is 0 Å². The summed E-state index contributed by atoms with van der Waals surface area (Å²) in [6.07, 6.45) is 21.6. The third-order valence-corrected chi connectivity index (χ3v) is 6.57. The van der Waals surface area contributed by atoms with Gasteiger partial charge >= 0.3 is 33.0 Å². The van der Waals surface area contributed by atoms with E-state index in [0.717, 1.165) is 0 Å². The Bertz CT molecular complexity index is 434. The van der Waals surface area contributed by atoms with Crippen LogP contribution in [0.5, 0.6) is 0 Å². The molecule has 0 aromatic rings. The average molecular weight is 486 g/mol. The van der Waals surface area contributed by atoms with E-state index in [-0.39, 0.29) is 0 Å². The van der Waals surface area contributed by atoms with Gasteiger partial charge in [0.25, 0.3) is 0 Å². The van der Waals surface area contributed by atoms with Crippen LogP contribution in [0.15, 0.2) is 0 Å². The first-order valence-corrected chi connectivity index (χ1v) is 14.2. The van der Waals surface area contributed by atoms with Gasteiger partial charge in [-0.25, -0.2) is 0 Å². The molecule has 0 aliphatic heterocycles. The van der Waals surface area contributed by atoms with Gasteiger partial charge in [0.15, 0.2) is 0 Å². The van der Waals surface area contributed by atoms with Crippen LogP contribution in [0.3, 0.4) is 0 Å². The Kier molecular flexibility index (Phi) is 14.6. The van der Waals surface area contributed by atoms with Gasteiger partial charge in [-0.2, -0.15) is 0 Å². The molecule has 0 bridgehead atoms. The minimum absolute atomic E-state index is 0.413. The van der Waals surface area contributed by atoms with E-state index >= 15 is 0 Å². The molecule has 0 saturated heterocycles. The Morgan fingerprint density at radius 3 is 1.06 bits per heavy atom. The quantitative estimate of drug-likeness (QED) is 0.0831. The minimum atomic E-state index is -10.7. The van der Waals surface area contributed by atoms with E-state index in [1.54, 1.807) is 0 Å². The van der Waals surface area contributed by atoms with Crippen molar-refractivity contribution in [1.29, 1.82) is 0 Å². The first kappa shape index (κ1) is 33.1. The molecule has 0 rings (SSSR count). The summed E-state index contributed by atoms with van der Waals surface area (Å²) in [7, 11) is -5.84. The maximum absolute atomic E-state index is 10.7. The molecule has 0 N–H and O–H groups in total. The van der Waals surface area contributed by atoms with Gasteiger partial charge in [-0.05, 0) is 33.1 Å². The zero-order valence-corrected chi connectivity index (χ0v) is 21.9. The fraction of sp³-hybridized carbons (Fsp3) is 1.00. The predicted molar refractivity (Wildman–Crippen MR) is 125 cm³/mol. The molecule has 0 radical (unpaired) electrons. The number of quaternary nitrogens is 1. The van der Waals surface area contributed by atoms with E-state index in [1.807, 2.05) is 0 Å². The second-order valence-electron chi connectivity index (χ2n) is 10.1. The second kappa shape index (κ2) is 13.6. The zero-order chi connectivity index (χ0) is 24.7. The Morgan fingerprint density at radius 2 is 0.806 bits per heavy atom. The maximum atomic E-state index is 9.87. The normalized spacial score (nSPS) is 15.1. The molecular formula is C23H50F6NP. The van der Waals surface area contributed by atoms with E-state index in [2.05, 4.69) is 41.8 Å². The van der Waals surface area contributed by atoms with Crippen molar-refractivity contribution in [1.82, 2.24) is 0 Å². The van der Waals surface area contributed by atoms with Crippen LogP contribution >= 0.6 is 7.81 Å². The molecule has 0 spiro atoms. The summed E-state index contributed by atoms with van der Waals surface area (Å²) in [5.41, 5.74) is 0.413. The second-order valence-corrected chi connectivity index (χ2v) is 12.0. The Labute approximate surface area is 188 Å². The van der Waals surface area contributed by atoms with Crippen LogP contribution in [0, 0.1) is 0 Å². The summed E-state index contributed by atoms with van der Waals surface area (Å²) in [5, 5.41) is 0. The van der Waals surface area contributed by atoms with Crippen molar-refractivity contribution < 1.29 is 29.7 Å². The molecule has 0 saturated carbocycles. The molecule has 0 aromatic heterocycles. The molecule has 0 heterocycles. The van der Waals surface area contributed by atoms with E-state index in [9.17, 15) is 25.2 Å². The van der Waals surface area contributed by atoms with E-state index < -0.39 is 7.81 Å². The van der Waals surface area contributed by atoms with Crippen molar-refractivity contribution >= 4 is 7.81 Å². The number of rotatable bonds is 17. The SMILES string of the molecule is CCCCCCCCCCCCCCCC[N+](C)(C)C(C)(C)CC.F[P-](F)(F)(F)(F)F. The van der Waals surface area contributed by atoms with Gasteiger partial charge in [0.2, 0.25) is 0 Å². The summed E-state index contributed by atoms with van der Waals surface area (Å²) in [4.78, 5) is 0. The molecule has 8 heteroatoms. The third-order valence-electron chi connectivity index (χ3n) is 6.57. The number of hydrogen-bond donors (Lipinski definition) is 0. The summed E-state index contributed by atoms with van der Waals surface area (Å²) in [6, 6.07) is 0. The summed E-state index contributed by atoms with van der Waals surface area (Å²) in [5.74, 6) is 0. The van der Waals surface area contributed by atoms with Gasteiger partial charge in [0.05, 0.1) is 26.2 Å². The average Bonchev–Trinajstić information content (AvgIpc) is 2.59.